The van der Waals surface area contributed by atoms with E-state index in [4.69, 9.17) is 18.0 Å². The van der Waals surface area contributed by atoms with E-state index < -0.39 is 0 Å². The van der Waals surface area contributed by atoms with E-state index in [0.29, 0.717) is 5.92 Å². The van der Waals surface area contributed by atoms with Crippen molar-refractivity contribution in [1.82, 2.24) is 9.78 Å². The summed E-state index contributed by atoms with van der Waals surface area (Å²) < 4.78 is 1.91. The zero-order chi connectivity index (χ0) is 11.4. The first kappa shape index (κ1) is 12.0. The van der Waals surface area contributed by atoms with Gasteiger partial charge >= 0.3 is 0 Å². The molecule has 0 unspecified atom stereocenters. The van der Waals surface area contributed by atoms with Crippen LogP contribution in [0, 0.1) is 12.8 Å². The monoisotopic (exact) mass is 226 g/mol. The summed E-state index contributed by atoms with van der Waals surface area (Å²) >= 11 is 4.81. The van der Waals surface area contributed by atoms with Gasteiger partial charge in [0.2, 0.25) is 0 Å². The predicted molar refractivity (Wildman–Crippen MR) is 66.8 cm³/mol. The van der Waals surface area contributed by atoms with Crippen LogP contribution in [-0.2, 0) is 6.54 Å². The molecule has 0 fully saturated rings. The number of rotatable bonds is 4. The van der Waals surface area contributed by atoms with E-state index in [1.165, 1.54) is 0 Å². The van der Waals surface area contributed by atoms with Crippen LogP contribution in [-0.4, -0.2) is 14.9 Å². The molecule has 0 saturated carbocycles. The maximum atomic E-state index is 5.44. The van der Waals surface area contributed by atoms with E-state index in [9.17, 15) is 0 Å². The molecule has 0 saturated heterocycles. The van der Waals surface area contributed by atoms with Crippen molar-refractivity contribution in [1.29, 1.82) is 0 Å². The number of anilines is 1. The number of aromatic nitrogens is 2. The summed E-state index contributed by atoms with van der Waals surface area (Å²) in [6.07, 6.45) is 1.09. The summed E-state index contributed by atoms with van der Waals surface area (Å²) in [4.78, 5) is 0. The molecule has 0 aliphatic carbocycles. The Bertz CT molecular complexity index is 343. The highest BCUT2D eigenvalue weighted by atomic mass is 32.1. The third-order valence-corrected chi connectivity index (χ3v) is 2.17. The largest absolute Gasteiger partial charge is 0.376 e. The molecule has 0 radical (unpaired) electrons. The zero-order valence-electron chi connectivity index (χ0n) is 9.45. The van der Waals surface area contributed by atoms with Gasteiger partial charge in [0.25, 0.3) is 0 Å². The Hall–Kier alpha value is -1.10. The normalized spacial score (nSPS) is 10.7. The lowest BCUT2D eigenvalue weighted by atomic mass is 10.1. The van der Waals surface area contributed by atoms with Crippen LogP contribution in [0.5, 0.6) is 0 Å². The van der Waals surface area contributed by atoms with Gasteiger partial charge in [0.15, 0.2) is 5.11 Å². The molecule has 0 atom stereocenters. The number of nitrogens with two attached hydrogens (primary N) is 1. The Balaban J connectivity index is 2.72. The molecule has 0 aromatic carbocycles. The van der Waals surface area contributed by atoms with Crippen LogP contribution in [0.2, 0.25) is 0 Å². The standard InChI is InChI=1S/C10H18N4S/c1-7(2)4-5-14-9(12-10(11)15)6-8(3)13-14/h6-7H,4-5H2,1-3H3,(H3,11,12,15). The summed E-state index contributed by atoms with van der Waals surface area (Å²) in [6, 6.07) is 1.94. The molecule has 3 N–H and O–H groups in total. The highest BCUT2D eigenvalue weighted by molar-refractivity contribution is 7.80. The van der Waals surface area contributed by atoms with Gasteiger partial charge in [-0.05, 0) is 31.5 Å². The summed E-state index contributed by atoms with van der Waals surface area (Å²) in [5.41, 5.74) is 6.41. The minimum absolute atomic E-state index is 0.278. The Morgan fingerprint density at radius 1 is 1.67 bits per heavy atom. The van der Waals surface area contributed by atoms with Crippen molar-refractivity contribution in [3.05, 3.63) is 11.8 Å². The predicted octanol–water partition coefficient (Wildman–Crippen LogP) is 1.89. The van der Waals surface area contributed by atoms with E-state index in [0.717, 1.165) is 24.5 Å². The molecule has 0 spiro atoms. The van der Waals surface area contributed by atoms with Gasteiger partial charge in [-0.25, -0.2) is 4.68 Å². The van der Waals surface area contributed by atoms with Crippen molar-refractivity contribution < 1.29 is 0 Å². The maximum Gasteiger partial charge on any atom is 0.169 e. The van der Waals surface area contributed by atoms with E-state index >= 15 is 0 Å². The highest BCUT2D eigenvalue weighted by Crippen LogP contribution is 2.12. The van der Waals surface area contributed by atoms with Crippen molar-refractivity contribution >= 4 is 23.1 Å². The lowest BCUT2D eigenvalue weighted by Crippen LogP contribution is -2.21. The molecule has 15 heavy (non-hydrogen) atoms. The fourth-order valence-electron chi connectivity index (χ4n) is 1.32. The molecule has 0 aliphatic rings. The van der Waals surface area contributed by atoms with Gasteiger partial charge < -0.3 is 11.1 Å². The summed E-state index contributed by atoms with van der Waals surface area (Å²) in [5, 5.41) is 7.58. The van der Waals surface area contributed by atoms with Crippen LogP contribution in [0.1, 0.15) is 26.0 Å². The Morgan fingerprint density at radius 3 is 2.87 bits per heavy atom. The van der Waals surface area contributed by atoms with Crippen molar-refractivity contribution in [2.24, 2.45) is 11.7 Å². The summed E-state index contributed by atoms with van der Waals surface area (Å²) in [7, 11) is 0. The topological polar surface area (TPSA) is 55.9 Å². The van der Waals surface area contributed by atoms with Crippen molar-refractivity contribution in [2.75, 3.05) is 5.32 Å². The van der Waals surface area contributed by atoms with E-state index in [1.54, 1.807) is 0 Å². The molecule has 0 amide bonds. The van der Waals surface area contributed by atoms with Crippen molar-refractivity contribution in [3.8, 4) is 0 Å². The smallest absolute Gasteiger partial charge is 0.169 e. The zero-order valence-corrected chi connectivity index (χ0v) is 10.3. The number of thiocarbonyl (C=S) groups is 1. The quantitative estimate of drug-likeness (QED) is 0.770. The van der Waals surface area contributed by atoms with Gasteiger partial charge in [-0.2, -0.15) is 5.10 Å². The number of hydrogen-bond acceptors (Lipinski definition) is 2. The van der Waals surface area contributed by atoms with E-state index in [1.807, 2.05) is 17.7 Å². The number of aryl methyl sites for hydroxylation is 2. The SMILES string of the molecule is Cc1cc(NC(N)=S)n(CCC(C)C)n1. The first-order chi connectivity index (χ1) is 6.99. The molecule has 1 aromatic heterocycles. The molecule has 0 aliphatic heterocycles. The lowest BCUT2D eigenvalue weighted by molar-refractivity contribution is 0.489. The van der Waals surface area contributed by atoms with Crippen LogP contribution < -0.4 is 11.1 Å². The van der Waals surface area contributed by atoms with Gasteiger partial charge in [0.05, 0.1) is 5.69 Å². The Labute approximate surface area is 95.8 Å². The molecule has 0 bridgehead atoms. The first-order valence-electron chi connectivity index (χ1n) is 5.10. The van der Waals surface area contributed by atoms with Crippen LogP contribution in [0.4, 0.5) is 5.82 Å². The van der Waals surface area contributed by atoms with E-state index in [2.05, 4.69) is 24.3 Å². The molecule has 1 rings (SSSR count). The van der Waals surface area contributed by atoms with Gasteiger partial charge in [0.1, 0.15) is 5.82 Å². The molecule has 84 valence electrons. The second-order valence-electron chi connectivity index (χ2n) is 4.07. The average Bonchev–Trinajstić information content (AvgIpc) is 2.41. The third kappa shape index (κ3) is 3.87. The minimum atomic E-state index is 0.278. The van der Waals surface area contributed by atoms with E-state index in [-0.39, 0.29) is 5.11 Å². The van der Waals surface area contributed by atoms with Crippen molar-refractivity contribution in [3.63, 3.8) is 0 Å². The second kappa shape index (κ2) is 5.11. The summed E-state index contributed by atoms with van der Waals surface area (Å²) in [6.45, 7) is 7.22. The fourth-order valence-corrected chi connectivity index (χ4v) is 1.43. The van der Waals surface area contributed by atoms with Gasteiger partial charge in [-0.1, -0.05) is 13.8 Å². The number of nitrogens with one attached hydrogen (secondary N) is 1. The van der Waals surface area contributed by atoms with Gasteiger partial charge in [-0.3, -0.25) is 0 Å². The first-order valence-corrected chi connectivity index (χ1v) is 5.50. The van der Waals surface area contributed by atoms with Crippen LogP contribution >= 0.6 is 12.2 Å². The molecule has 1 heterocycles. The molecule has 4 nitrogen and oxygen atoms in total. The molecule has 5 heteroatoms. The molecular formula is C10H18N4S. The van der Waals surface area contributed by atoms with Crippen LogP contribution in [0.25, 0.3) is 0 Å². The average molecular weight is 226 g/mol. The molecular weight excluding hydrogens is 208 g/mol. The summed E-state index contributed by atoms with van der Waals surface area (Å²) in [5.74, 6) is 1.54. The highest BCUT2D eigenvalue weighted by Gasteiger charge is 2.06. The number of nitrogens with zero attached hydrogens (tertiary/aromatic N) is 2. The van der Waals surface area contributed by atoms with Crippen LogP contribution in [0.15, 0.2) is 6.07 Å². The lowest BCUT2D eigenvalue weighted by Gasteiger charge is -2.09. The van der Waals surface area contributed by atoms with Crippen LogP contribution in [0.3, 0.4) is 0 Å². The van der Waals surface area contributed by atoms with Gasteiger partial charge in [-0.15, -0.1) is 0 Å². The maximum absolute atomic E-state index is 5.44. The Kier molecular flexibility index (Phi) is 4.08. The van der Waals surface area contributed by atoms with Gasteiger partial charge in [0, 0.05) is 12.6 Å². The third-order valence-electron chi connectivity index (χ3n) is 2.07. The Morgan fingerprint density at radius 2 is 2.33 bits per heavy atom. The minimum Gasteiger partial charge on any atom is -0.376 e. The number of hydrogen-bond donors (Lipinski definition) is 2. The second-order valence-corrected chi connectivity index (χ2v) is 4.51. The van der Waals surface area contributed by atoms with Crippen molar-refractivity contribution in [2.45, 2.75) is 33.7 Å². The molecule has 1 aromatic rings. The fraction of sp³-hybridized carbons (Fsp3) is 0.600.